The molecule has 0 spiro atoms. The zero-order chi connectivity index (χ0) is 23.7. The van der Waals surface area contributed by atoms with Gasteiger partial charge in [0.05, 0.1) is 21.3 Å². The van der Waals surface area contributed by atoms with Gasteiger partial charge in [-0.1, -0.05) is 66.7 Å². The van der Waals surface area contributed by atoms with Gasteiger partial charge in [0.2, 0.25) is 0 Å². The van der Waals surface area contributed by atoms with E-state index < -0.39 is 15.4 Å². The van der Waals surface area contributed by atoms with Gasteiger partial charge >= 0.3 is 29.6 Å². The number of anilines is 3. The number of aryl methyl sites for hydroxylation is 1. The Balaban J connectivity index is 0.00000289. The minimum atomic E-state index is -4.35. The minimum absolute atomic E-state index is 0. The number of benzene rings is 4. The van der Waals surface area contributed by atoms with E-state index in [1.165, 1.54) is 6.92 Å². The van der Waals surface area contributed by atoms with Crippen LogP contribution in [0.4, 0.5) is 17.1 Å². The van der Waals surface area contributed by atoms with Crippen LogP contribution in [0.3, 0.4) is 0 Å². The smallest absolute Gasteiger partial charge is 0.748 e. The van der Waals surface area contributed by atoms with Crippen molar-refractivity contribution in [1.82, 2.24) is 4.57 Å². The molecular formula is C28H25N2NaO3S. The predicted molar refractivity (Wildman–Crippen MR) is 138 cm³/mol. The molecule has 0 aliphatic carbocycles. The van der Waals surface area contributed by atoms with Crippen LogP contribution in [0.5, 0.6) is 0 Å². The van der Waals surface area contributed by atoms with E-state index in [4.69, 9.17) is 0 Å². The van der Waals surface area contributed by atoms with E-state index in [9.17, 15) is 13.0 Å². The zero-order valence-corrected chi connectivity index (χ0v) is 22.7. The molecule has 0 saturated heterocycles. The largest absolute Gasteiger partial charge is 1.00 e. The predicted octanol–water partition coefficient (Wildman–Crippen LogP) is 3.59. The molecule has 0 radical (unpaired) electrons. The molecular weight excluding hydrogens is 467 g/mol. The van der Waals surface area contributed by atoms with E-state index in [1.54, 1.807) is 0 Å². The van der Waals surface area contributed by atoms with Crippen molar-refractivity contribution < 1.29 is 42.5 Å². The molecule has 0 fully saturated rings. The third-order valence-electron chi connectivity index (χ3n) is 6.29. The molecule has 5 nitrogen and oxygen atoms in total. The maximum Gasteiger partial charge on any atom is 1.00 e. The molecule has 0 saturated carbocycles. The monoisotopic (exact) mass is 492 g/mol. The van der Waals surface area contributed by atoms with E-state index in [-0.39, 0.29) is 36.0 Å². The van der Waals surface area contributed by atoms with Gasteiger partial charge in [-0.3, -0.25) is 0 Å². The summed E-state index contributed by atoms with van der Waals surface area (Å²) in [5, 5.41) is 1.22. The standard InChI is InChI=1S/C28H26N2O3S.Na/c1-21(34(31,32)33)19-20-29-26-17-9-8-15-24(26)25-16-10-18-27(28(25)29)30(22-11-4-2-5-12-22)23-13-6-3-7-14-23;/h2-18,21H,19-20H2,1H3,(H,31,32,33);/q;+1/p-1. The van der Waals surface area contributed by atoms with Crippen LogP contribution in [0.2, 0.25) is 0 Å². The maximum absolute atomic E-state index is 11.6. The number of rotatable bonds is 7. The average molecular weight is 493 g/mol. The Morgan fingerprint density at radius 3 is 1.91 bits per heavy atom. The van der Waals surface area contributed by atoms with Crippen molar-refractivity contribution in [2.75, 3.05) is 4.90 Å². The van der Waals surface area contributed by atoms with Gasteiger partial charge in [0.25, 0.3) is 0 Å². The van der Waals surface area contributed by atoms with Gasteiger partial charge in [-0.25, -0.2) is 8.42 Å². The molecule has 0 amide bonds. The second kappa shape index (κ2) is 10.6. The fourth-order valence-corrected chi connectivity index (χ4v) is 4.93. The van der Waals surface area contributed by atoms with Crippen molar-refractivity contribution in [3.05, 3.63) is 103 Å². The summed E-state index contributed by atoms with van der Waals surface area (Å²) in [4.78, 5) is 2.21. The molecule has 0 bridgehead atoms. The summed E-state index contributed by atoms with van der Waals surface area (Å²) in [5.41, 5.74) is 5.05. The Kier molecular flexibility index (Phi) is 7.69. The van der Waals surface area contributed by atoms with Crippen LogP contribution in [0, 0.1) is 0 Å². The van der Waals surface area contributed by atoms with E-state index in [1.807, 2.05) is 54.6 Å². The molecule has 35 heavy (non-hydrogen) atoms. The Morgan fingerprint density at radius 1 is 0.771 bits per heavy atom. The van der Waals surface area contributed by atoms with Crippen molar-refractivity contribution in [1.29, 1.82) is 0 Å². The van der Waals surface area contributed by atoms with Crippen molar-refractivity contribution in [3.63, 3.8) is 0 Å². The first-order valence-corrected chi connectivity index (χ1v) is 12.8. The van der Waals surface area contributed by atoms with Crippen LogP contribution >= 0.6 is 0 Å². The SMILES string of the molecule is CC(CCn1c2ccccc2c2cccc(N(c3ccccc3)c3ccccc3)c21)S(=O)(=O)[O-].[Na+]. The van der Waals surface area contributed by atoms with Crippen molar-refractivity contribution in [3.8, 4) is 0 Å². The molecule has 0 N–H and O–H groups in total. The number of nitrogens with zero attached hydrogens (tertiary/aromatic N) is 2. The average Bonchev–Trinajstić information content (AvgIpc) is 3.18. The molecule has 7 heteroatoms. The van der Waals surface area contributed by atoms with Gasteiger partial charge in [-0.15, -0.1) is 0 Å². The Morgan fingerprint density at radius 2 is 1.31 bits per heavy atom. The molecule has 1 heterocycles. The number of para-hydroxylation sites is 4. The van der Waals surface area contributed by atoms with Crippen molar-refractivity contribution in [2.24, 2.45) is 0 Å². The number of hydrogen-bond acceptors (Lipinski definition) is 4. The van der Waals surface area contributed by atoms with Crippen LogP contribution in [-0.2, 0) is 16.7 Å². The Bertz CT molecular complexity index is 1510. The number of aromatic nitrogens is 1. The first kappa shape index (κ1) is 25.5. The molecule has 5 rings (SSSR count). The molecule has 172 valence electrons. The van der Waals surface area contributed by atoms with Crippen LogP contribution in [-0.4, -0.2) is 22.8 Å². The fraction of sp³-hybridized carbons (Fsp3) is 0.143. The van der Waals surface area contributed by atoms with Gasteiger partial charge in [0, 0.05) is 39.5 Å². The molecule has 5 aromatic rings. The third-order valence-corrected chi connectivity index (χ3v) is 7.51. The van der Waals surface area contributed by atoms with Gasteiger partial charge < -0.3 is 14.0 Å². The van der Waals surface area contributed by atoms with Crippen molar-refractivity contribution in [2.45, 2.75) is 25.1 Å². The molecule has 0 aliphatic rings. The quantitative estimate of drug-likeness (QED) is 0.257. The first-order valence-electron chi connectivity index (χ1n) is 11.3. The van der Waals surface area contributed by atoms with Gasteiger partial charge in [-0.2, -0.15) is 0 Å². The number of fused-ring (bicyclic) bond motifs is 3. The van der Waals surface area contributed by atoms with E-state index in [2.05, 4.69) is 58.0 Å². The summed E-state index contributed by atoms with van der Waals surface area (Å²) in [5.74, 6) is 0. The van der Waals surface area contributed by atoms with Crippen LogP contribution in [0.25, 0.3) is 21.8 Å². The molecule has 1 atom stereocenters. The zero-order valence-electron chi connectivity index (χ0n) is 19.8. The summed E-state index contributed by atoms with van der Waals surface area (Å²) in [6.07, 6.45) is 0.241. The Hall–Kier alpha value is -2.61. The summed E-state index contributed by atoms with van der Waals surface area (Å²) in [6, 6.07) is 34.7. The van der Waals surface area contributed by atoms with Gasteiger partial charge in [0.15, 0.2) is 0 Å². The summed E-state index contributed by atoms with van der Waals surface area (Å²) >= 11 is 0. The fourth-order valence-electron chi connectivity index (χ4n) is 4.54. The second-order valence-electron chi connectivity index (χ2n) is 8.44. The van der Waals surface area contributed by atoms with E-state index in [0.717, 1.165) is 38.9 Å². The van der Waals surface area contributed by atoms with Crippen molar-refractivity contribution >= 4 is 49.0 Å². The molecule has 1 aromatic heterocycles. The number of hydrogen-bond donors (Lipinski definition) is 0. The van der Waals surface area contributed by atoms with Gasteiger partial charge in [0.1, 0.15) is 0 Å². The molecule has 4 aromatic carbocycles. The molecule has 1 unspecified atom stereocenters. The second-order valence-corrected chi connectivity index (χ2v) is 10.2. The summed E-state index contributed by atoms with van der Waals surface area (Å²) in [7, 11) is -4.35. The van der Waals surface area contributed by atoms with Crippen LogP contribution in [0.15, 0.2) is 103 Å². The topological polar surface area (TPSA) is 65.4 Å². The summed E-state index contributed by atoms with van der Waals surface area (Å²) in [6.45, 7) is 1.90. The first-order chi connectivity index (χ1) is 16.4. The maximum atomic E-state index is 11.6. The summed E-state index contributed by atoms with van der Waals surface area (Å²) < 4.78 is 36.9. The molecule has 0 aliphatic heterocycles. The minimum Gasteiger partial charge on any atom is -0.748 e. The normalized spacial score (nSPS) is 12.4. The van der Waals surface area contributed by atoms with Crippen LogP contribution < -0.4 is 34.5 Å². The van der Waals surface area contributed by atoms with Crippen LogP contribution in [0.1, 0.15) is 13.3 Å². The van der Waals surface area contributed by atoms with E-state index >= 15 is 0 Å². The Labute approximate surface area is 228 Å². The van der Waals surface area contributed by atoms with E-state index in [0.29, 0.717) is 6.54 Å². The van der Waals surface area contributed by atoms with Gasteiger partial charge in [-0.05, 0) is 49.7 Å². The third kappa shape index (κ3) is 5.03.